The van der Waals surface area contributed by atoms with Gasteiger partial charge in [0.15, 0.2) is 0 Å². The van der Waals surface area contributed by atoms with E-state index in [4.69, 9.17) is 17.3 Å². The number of rotatable bonds is 2. The molecule has 1 heterocycles. The van der Waals surface area contributed by atoms with Crippen molar-refractivity contribution >= 4 is 40.0 Å². The molecule has 1 aromatic heterocycles. The molecule has 5 heteroatoms. The van der Waals surface area contributed by atoms with Crippen LogP contribution in [0.1, 0.15) is 0 Å². The van der Waals surface area contributed by atoms with E-state index in [2.05, 4.69) is 39.8 Å². The summed E-state index contributed by atoms with van der Waals surface area (Å²) in [5.41, 5.74) is 9.86. The number of halogens is 2. The van der Waals surface area contributed by atoms with Crippen molar-refractivity contribution in [3.8, 4) is 22.4 Å². The molecule has 0 amide bonds. The van der Waals surface area contributed by atoms with E-state index in [1.54, 1.807) is 4.68 Å². The Kier molecular flexibility index (Phi) is 3.91. The minimum absolute atomic E-state index is 0.608. The summed E-state index contributed by atoms with van der Waals surface area (Å²) in [4.78, 5) is 0. The summed E-state index contributed by atoms with van der Waals surface area (Å²) in [7, 11) is 1.84. The summed E-state index contributed by atoms with van der Waals surface area (Å²) in [5.74, 6) is 0.608. The van der Waals surface area contributed by atoms with E-state index in [9.17, 15) is 0 Å². The molecule has 2 aromatic carbocycles. The average molecular weight is 410 g/mol. The number of benzene rings is 2. The maximum Gasteiger partial charge on any atom is 0.129 e. The summed E-state index contributed by atoms with van der Waals surface area (Å²) < 4.78 is 2.87. The number of nitrogens with two attached hydrogens (primary N) is 1. The molecule has 3 rings (SSSR count). The summed E-state index contributed by atoms with van der Waals surface area (Å²) in [5, 5.41) is 5.23. The molecule has 0 spiro atoms. The van der Waals surface area contributed by atoms with Gasteiger partial charge in [0.2, 0.25) is 0 Å². The predicted octanol–water partition coefficient (Wildman–Crippen LogP) is 4.59. The number of aryl methyl sites for hydroxylation is 1. The smallest absolute Gasteiger partial charge is 0.129 e. The van der Waals surface area contributed by atoms with E-state index >= 15 is 0 Å². The van der Waals surface area contributed by atoms with Crippen LogP contribution in [0.5, 0.6) is 0 Å². The second kappa shape index (κ2) is 5.69. The molecule has 0 bridgehead atoms. The minimum atomic E-state index is 0.608. The molecule has 3 aromatic rings. The first kappa shape index (κ1) is 14.4. The molecule has 0 unspecified atom stereocenters. The van der Waals surface area contributed by atoms with Gasteiger partial charge in [0.1, 0.15) is 11.5 Å². The Morgan fingerprint density at radius 3 is 2.43 bits per heavy atom. The van der Waals surface area contributed by atoms with E-state index in [1.165, 1.54) is 3.57 Å². The van der Waals surface area contributed by atoms with Crippen LogP contribution in [0.2, 0.25) is 5.02 Å². The SMILES string of the molecule is Cn1nc(-c2ccc(I)cc2)c(-c2ccccc2Cl)c1N. The molecule has 0 fully saturated rings. The topological polar surface area (TPSA) is 43.8 Å². The van der Waals surface area contributed by atoms with Crippen LogP contribution in [0.25, 0.3) is 22.4 Å². The highest BCUT2D eigenvalue weighted by Crippen LogP contribution is 2.39. The standard InChI is InChI=1S/C16H13ClIN3/c1-21-16(19)14(12-4-2-3-5-13(12)17)15(20-21)10-6-8-11(18)9-7-10/h2-9H,19H2,1H3. The lowest BCUT2D eigenvalue weighted by Gasteiger charge is -2.06. The number of aromatic nitrogens is 2. The van der Waals surface area contributed by atoms with Crippen molar-refractivity contribution in [3.05, 3.63) is 57.1 Å². The highest BCUT2D eigenvalue weighted by Gasteiger charge is 2.19. The highest BCUT2D eigenvalue weighted by molar-refractivity contribution is 14.1. The normalized spacial score (nSPS) is 10.8. The fourth-order valence-corrected chi connectivity index (χ4v) is 2.87. The molecule has 0 saturated carbocycles. The molecular weight excluding hydrogens is 397 g/mol. The zero-order chi connectivity index (χ0) is 15.0. The summed E-state index contributed by atoms with van der Waals surface area (Å²) >= 11 is 8.61. The Morgan fingerprint density at radius 2 is 1.76 bits per heavy atom. The van der Waals surface area contributed by atoms with E-state index in [1.807, 2.05) is 43.4 Å². The van der Waals surface area contributed by atoms with Gasteiger partial charge in [-0.05, 0) is 40.8 Å². The monoisotopic (exact) mass is 409 g/mol. The van der Waals surface area contributed by atoms with Crippen LogP contribution in [0.4, 0.5) is 5.82 Å². The van der Waals surface area contributed by atoms with Crippen LogP contribution in [-0.2, 0) is 7.05 Å². The van der Waals surface area contributed by atoms with Crippen molar-refractivity contribution < 1.29 is 0 Å². The van der Waals surface area contributed by atoms with Gasteiger partial charge in [-0.25, -0.2) is 0 Å². The second-order valence-electron chi connectivity index (χ2n) is 4.72. The van der Waals surface area contributed by atoms with Crippen LogP contribution < -0.4 is 5.73 Å². The maximum atomic E-state index is 6.33. The van der Waals surface area contributed by atoms with Crippen LogP contribution in [-0.4, -0.2) is 9.78 Å². The lowest BCUT2D eigenvalue weighted by Crippen LogP contribution is -1.98. The van der Waals surface area contributed by atoms with Gasteiger partial charge < -0.3 is 5.73 Å². The molecular formula is C16H13ClIN3. The lowest BCUT2D eigenvalue weighted by atomic mass is 10.0. The van der Waals surface area contributed by atoms with Gasteiger partial charge in [-0.2, -0.15) is 5.10 Å². The average Bonchev–Trinajstić information content (AvgIpc) is 2.77. The number of nitrogen functional groups attached to an aromatic ring is 1. The lowest BCUT2D eigenvalue weighted by molar-refractivity contribution is 0.782. The van der Waals surface area contributed by atoms with E-state index in [0.29, 0.717) is 10.8 Å². The Labute approximate surface area is 141 Å². The van der Waals surface area contributed by atoms with Crippen LogP contribution in [0, 0.1) is 3.57 Å². The second-order valence-corrected chi connectivity index (χ2v) is 6.37. The number of hydrogen-bond acceptors (Lipinski definition) is 2. The molecule has 106 valence electrons. The van der Waals surface area contributed by atoms with Crippen LogP contribution >= 0.6 is 34.2 Å². The van der Waals surface area contributed by atoms with Crippen molar-refractivity contribution in [3.63, 3.8) is 0 Å². The Bertz CT molecular complexity index is 794. The summed E-state index contributed by atoms with van der Waals surface area (Å²) in [6.45, 7) is 0. The Balaban J connectivity index is 2.26. The molecule has 0 aliphatic heterocycles. The molecule has 0 aliphatic carbocycles. The quantitative estimate of drug-likeness (QED) is 0.629. The third-order valence-electron chi connectivity index (χ3n) is 3.35. The predicted molar refractivity (Wildman–Crippen MR) is 96.2 cm³/mol. The number of hydrogen-bond donors (Lipinski definition) is 1. The van der Waals surface area contributed by atoms with E-state index in [-0.39, 0.29) is 0 Å². The van der Waals surface area contributed by atoms with Crippen molar-refractivity contribution in [1.82, 2.24) is 9.78 Å². The largest absolute Gasteiger partial charge is 0.383 e. The molecule has 2 N–H and O–H groups in total. The zero-order valence-electron chi connectivity index (χ0n) is 11.3. The number of anilines is 1. The summed E-state index contributed by atoms with van der Waals surface area (Å²) in [6.07, 6.45) is 0. The number of nitrogens with zero attached hydrogens (tertiary/aromatic N) is 2. The van der Waals surface area contributed by atoms with Gasteiger partial charge in [0.25, 0.3) is 0 Å². The molecule has 0 radical (unpaired) electrons. The van der Waals surface area contributed by atoms with Crippen molar-refractivity contribution in [2.75, 3.05) is 5.73 Å². The van der Waals surface area contributed by atoms with E-state index in [0.717, 1.165) is 22.4 Å². The van der Waals surface area contributed by atoms with Gasteiger partial charge in [0, 0.05) is 26.8 Å². The Morgan fingerprint density at radius 1 is 1.10 bits per heavy atom. The van der Waals surface area contributed by atoms with Gasteiger partial charge in [-0.1, -0.05) is 41.9 Å². The first-order chi connectivity index (χ1) is 10.1. The van der Waals surface area contributed by atoms with Gasteiger partial charge in [-0.15, -0.1) is 0 Å². The first-order valence-electron chi connectivity index (χ1n) is 6.41. The van der Waals surface area contributed by atoms with E-state index < -0.39 is 0 Å². The minimum Gasteiger partial charge on any atom is -0.383 e. The van der Waals surface area contributed by atoms with Crippen molar-refractivity contribution in [1.29, 1.82) is 0 Å². The molecule has 0 saturated heterocycles. The third kappa shape index (κ3) is 2.65. The van der Waals surface area contributed by atoms with Crippen molar-refractivity contribution in [2.45, 2.75) is 0 Å². The van der Waals surface area contributed by atoms with Crippen LogP contribution in [0.3, 0.4) is 0 Å². The fraction of sp³-hybridized carbons (Fsp3) is 0.0625. The maximum absolute atomic E-state index is 6.33. The third-order valence-corrected chi connectivity index (χ3v) is 4.40. The Hall–Kier alpha value is -1.53. The molecule has 0 atom stereocenters. The molecule has 21 heavy (non-hydrogen) atoms. The van der Waals surface area contributed by atoms with Gasteiger partial charge in [0.05, 0.1) is 5.56 Å². The first-order valence-corrected chi connectivity index (χ1v) is 7.87. The van der Waals surface area contributed by atoms with Crippen molar-refractivity contribution in [2.24, 2.45) is 7.05 Å². The van der Waals surface area contributed by atoms with Gasteiger partial charge >= 0.3 is 0 Å². The summed E-state index contributed by atoms with van der Waals surface area (Å²) in [6, 6.07) is 15.9. The zero-order valence-corrected chi connectivity index (χ0v) is 14.3. The molecule has 0 aliphatic rings. The fourth-order valence-electron chi connectivity index (χ4n) is 2.28. The van der Waals surface area contributed by atoms with Crippen LogP contribution in [0.15, 0.2) is 48.5 Å². The van der Waals surface area contributed by atoms with Gasteiger partial charge in [-0.3, -0.25) is 4.68 Å². The highest BCUT2D eigenvalue weighted by atomic mass is 127. The molecule has 3 nitrogen and oxygen atoms in total.